The van der Waals surface area contributed by atoms with Crippen LogP contribution in [0.25, 0.3) is 0 Å². The average molecular weight is 370 g/mol. The van der Waals surface area contributed by atoms with E-state index in [0.717, 1.165) is 56.4 Å². The van der Waals surface area contributed by atoms with Crippen molar-refractivity contribution in [2.75, 3.05) is 39.8 Å². The summed E-state index contributed by atoms with van der Waals surface area (Å²) in [6.45, 7) is 9.52. The number of aliphatic imine (C=N–C) groups is 1. The lowest BCUT2D eigenvalue weighted by Crippen LogP contribution is -2.39. The van der Waals surface area contributed by atoms with Crippen molar-refractivity contribution in [3.8, 4) is 0 Å². The summed E-state index contributed by atoms with van der Waals surface area (Å²) in [5, 5.41) is 3.27. The number of hydrogen-bond acceptors (Lipinski definition) is 2. The van der Waals surface area contributed by atoms with Gasteiger partial charge >= 0.3 is 6.18 Å². The molecule has 26 heavy (non-hydrogen) atoms. The summed E-state index contributed by atoms with van der Waals surface area (Å²) < 4.78 is 38.0. The van der Waals surface area contributed by atoms with Gasteiger partial charge in [0.15, 0.2) is 5.96 Å². The predicted octanol–water partition coefficient (Wildman–Crippen LogP) is 3.44. The van der Waals surface area contributed by atoms with E-state index in [0.29, 0.717) is 12.5 Å². The van der Waals surface area contributed by atoms with Gasteiger partial charge < -0.3 is 15.1 Å². The fraction of sp³-hybridized carbons (Fsp3) is 0.632. The highest BCUT2D eigenvalue weighted by Gasteiger charge is 2.30. The summed E-state index contributed by atoms with van der Waals surface area (Å²) in [7, 11) is 1.91. The van der Waals surface area contributed by atoms with Crippen molar-refractivity contribution in [1.82, 2.24) is 15.1 Å². The van der Waals surface area contributed by atoms with E-state index in [1.165, 1.54) is 18.6 Å². The van der Waals surface area contributed by atoms with Gasteiger partial charge in [-0.25, -0.2) is 0 Å². The number of nitrogens with one attached hydrogen (secondary N) is 1. The lowest BCUT2D eigenvalue weighted by molar-refractivity contribution is -0.137. The van der Waals surface area contributed by atoms with Crippen LogP contribution in [0.3, 0.4) is 0 Å². The number of nitrogens with zero attached hydrogens (tertiary/aromatic N) is 3. The predicted molar refractivity (Wildman–Crippen MR) is 99.1 cm³/mol. The van der Waals surface area contributed by atoms with E-state index < -0.39 is 11.7 Å². The second-order valence-corrected chi connectivity index (χ2v) is 6.79. The van der Waals surface area contributed by atoms with E-state index in [2.05, 4.69) is 17.1 Å². The number of halogens is 3. The van der Waals surface area contributed by atoms with Crippen LogP contribution >= 0.6 is 0 Å². The molecule has 1 aliphatic rings. The normalized spacial score (nSPS) is 19.0. The van der Waals surface area contributed by atoms with Crippen LogP contribution in [0.4, 0.5) is 13.2 Å². The highest BCUT2D eigenvalue weighted by atomic mass is 19.4. The van der Waals surface area contributed by atoms with Gasteiger partial charge in [-0.05, 0) is 50.0 Å². The molecule has 4 nitrogen and oxygen atoms in total. The Bertz CT molecular complexity index is 583. The molecule has 7 heteroatoms. The lowest BCUT2D eigenvalue weighted by atomic mass is 10.1. The van der Waals surface area contributed by atoms with Crippen molar-refractivity contribution in [1.29, 1.82) is 0 Å². The van der Waals surface area contributed by atoms with E-state index in [1.807, 2.05) is 18.9 Å². The number of alkyl halides is 3. The maximum atomic E-state index is 12.7. The van der Waals surface area contributed by atoms with Crippen LogP contribution in [0.5, 0.6) is 0 Å². The van der Waals surface area contributed by atoms with Gasteiger partial charge in [0.2, 0.25) is 0 Å². The van der Waals surface area contributed by atoms with Crippen molar-refractivity contribution in [3.05, 3.63) is 35.4 Å². The van der Waals surface area contributed by atoms with E-state index in [-0.39, 0.29) is 0 Å². The fourth-order valence-electron chi connectivity index (χ4n) is 3.18. The zero-order valence-electron chi connectivity index (χ0n) is 15.8. The van der Waals surface area contributed by atoms with Crippen LogP contribution in [-0.4, -0.2) is 55.5 Å². The second kappa shape index (κ2) is 9.26. The SMILES string of the molecule is CCNC(=NCC1CCN(CC)C1)N(C)Cc1ccc(C(F)(F)F)cc1. The number of likely N-dealkylation sites (tertiary alicyclic amines) is 1. The molecule has 1 N–H and O–H groups in total. The first kappa shape index (κ1) is 20.6. The number of rotatable bonds is 6. The van der Waals surface area contributed by atoms with Gasteiger partial charge in [-0.3, -0.25) is 4.99 Å². The summed E-state index contributed by atoms with van der Waals surface area (Å²) >= 11 is 0. The molecule has 0 aromatic heterocycles. The lowest BCUT2D eigenvalue weighted by Gasteiger charge is -2.23. The van der Waals surface area contributed by atoms with Crippen LogP contribution in [-0.2, 0) is 12.7 Å². The molecule has 0 amide bonds. The van der Waals surface area contributed by atoms with E-state index in [9.17, 15) is 13.2 Å². The minimum Gasteiger partial charge on any atom is -0.357 e. The summed E-state index contributed by atoms with van der Waals surface area (Å²) in [5.41, 5.74) is 0.204. The molecule has 1 fully saturated rings. The Hall–Kier alpha value is -1.76. The van der Waals surface area contributed by atoms with Gasteiger partial charge in [-0.2, -0.15) is 13.2 Å². The summed E-state index contributed by atoms with van der Waals surface area (Å²) in [6.07, 6.45) is -3.13. The maximum absolute atomic E-state index is 12.7. The molecule has 146 valence electrons. The van der Waals surface area contributed by atoms with Crippen molar-refractivity contribution in [2.45, 2.75) is 33.0 Å². The summed E-state index contributed by atoms with van der Waals surface area (Å²) in [5.74, 6) is 1.37. The highest BCUT2D eigenvalue weighted by Crippen LogP contribution is 2.29. The molecule has 1 heterocycles. The van der Waals surface area contributed by atoms with Gasteiger partial charge in [0.05, 0.1) is 5.56 Å². The van der Waals surface area contributed by atoms with Crippen molar-refractivity contribution < 1.29 is 13.2 Å². The third-order valence-corrected chi connectivity index (χ3v) is 4.71. The molecular formula is C19H29F3N4. The van der Waals surface area contributed by atoms with Crippen LogP contribution in [0, 0.1) is 5.92 Å². The third-order valence-electron chi connectivity index (χ3n) is 4.71. The average Bonchev–Trinajstić information content (AvgIpc) is 3.06. The molecule has 0 spiro atoms. The van der Waals surface area contributed by atoms with Gasteiger partial charge in [-0.15, -0.1) is 0 Å². The van der Waals surface area contributed by atoms with E-state index in [4.69, 9.17) is 4.99 Å². The third kappa shape index (κ3) is 5.90. The van der Waals surface area contributed by atoms with Crippen molar-refractivity contribution >= 4 is 5.96 Å². The first-order chi connectivity index (χ1) is 12.3. The summed E-state index contributed by atoms with van der Waals surface area (Å²) in [4.78, 5) is 9.13. The molecule has 1 unspecified atom stereocenters. The Kier molecular flexibility index (Phi) is 7.32. The molecule has 1 aromatic carbocycles. The molecule has 0 aliphatic carbocycles. The number of guanidine groups is 1. The van der Waals surface area contributed by atoms with Crippen molar-refractivity contribution in [2.24, 2.45) is 10.9 Å². The fourth-order valence-corrected chi connectivity index (χ4v) is 3.18. The molecular weight excluding hydrogens is 341 g/mol. The van der Waals surface area contributed by atoms with E-state index in [1.54, 1.807) is 0 Å². The number of hydrogen-bond donors (Lipinski definition) is 1. The monoisotopic (exact) mass is 370 g/mol. The molecule has 0 saturated carbocycles. The Morgan fingerprint density at radius 2 is 1.96 bits per heavy atom. The smallest absolute Gasteiger partial charge is 0.357 e. The first-order valence-corrected chi connectivity index (χ1v) is 9.21. The van der Waals surface area contributed by atoms with Gasteiger partial charge in [0, 0.05) is 33.2 Å². The highest BCUT2D eigenvalue weighted by molar-refractivity contribution is 5.79. The molecule has 1 saturated heterocycles. The standard InChI is InChI=1S/C19H29F3N4/c1-4-23-18(24-12-16-10-11-26(5-2)14-16)25(3)13-15-6-8-17(9-7-15)19(20,21)22/h6-9,16H,4-5,10-14H2,1-3H3,(H,23,24). The van der Waals surface area contributed by atoms with Gasteiger partial charge in [0.1, 0.15) is 0 Å². The largest absolute Gasteiger partial charge is 0.416 e. The van der Waals surface area contributed by atoms with Gasteiger partial charge in [-0.1, -0.05) is 19.1 Å². The number of benzene rings is 1. The van der Waals surface area contributed by atoms with Crippen molar-refractivity contribution in [3.63, 3.8) is 0 Å². The molecule has 2 rings (SSSR count). The van der Waals surface area contributed by atoms with Crippen LogP contribution < -0.4 is 5.32 Å². The molecule has 0 bridgehead atoms. The quantitative estimate of drug-likeness (QED) is 0.615. The Labute approximate surface area is 154 Å². The minimum atomic E-state index is -4.30. The topological polar surface area (TPSA) is 30.9 Å². The zero-order chi connectivity index (χ0) is 19.2. The Morgan fingerprint density at radius 1 is 1.27 bits per heavy atom. The zero-order valence-corrected chi connectivity index (χ0v) is 15.8. The second-order valence-electron chi connectivity index (χ2n) is 6.79. The van der Waals surface area contributed by atoms with Crippen LogP contribution in [0.1, 0.15) is 31.4 Å². The van der Waals surface area contributed by atoms with Gasteiger partial charge in [0.25, 0.3) is 0 Å². The van der Waals surface area contributed by atoms with Crippen LogP contribution in [0.2, 0.25) is 0 Å². The van der Waals surface area contributed by atoms with Crippen LogP contribution in [0.15, 0.2) is 29.3 Å². The minimum absolute atomic E-state index is 0.510. The Balaban J connectivity index is 1.96. The molecule has 1 aliphatic heterocycles. The maximum Gasteiger partial charge on any atom is 0.416 e. The molecule has 0 radical (unpaired) electrons. The Morgan fingerprint density at radius 3 is 2.50 bits per heavy atom. The molecule has 1 aromatic rings. The first-order valence-electron chi connectivity index (χ1n) is 9.21. The van der Waals surface area contributed by atoms with E-state index >= 15 is 0 Å². The molecule has 1 atom stereocenters. The summed E-state index contributed by atoms with van der Waals surface area (Å²) in [6, 6.07) is 5.31.